The molecule has 1 amide bonds. The van der Waals surface area contributed by atoms with Gasteiger partial charge >= 0.3 is 6.09 Å². The minimum absolute atomic E-state index is 0.0926. The van der Waals surface area contributed by atoms with E-state index in [4.69, 9.17) is 10.5 Å². The fourth-order valence-electron chi connectivity index (χ4n) is 4.12. The second-order valence-electron chi connectivity index (χ2n) is 7.60. The van der Waals surface area contributed by atoms with Gasteiger partial charge in [-0.3, -0.25) is 0 Å². The van der Waals surface area contributed by atoms with Crippen LogP contribution in [0.5, 0.6) is 0 Å². The van der Waals surface area contributed by atoms with Crippen molar-refractivity contribution in [3.05, 3.63) is 35.4 Å². The van der Waals surface area contributed by atoms with Crippen LogP contribution < -0.4 is 5.73 Å². The summed E-state index contributed by atoms with van der Waals surface area (Å²) >= 11 is 0. The first-order valence-corrected chi connectivity index (χ1v) is 8.14. The number of likely N-dealkylation sites (tertiary alicyclic amines) is 1. The van der Waals surface area contributed by atoms with Crippen molar-refractivity contribution in [1.82, 2.24) is 4.90 Å². The number of benzene rings is 1. The van der Waals surface area contributed by atoms with Crippen LogP contribution in [0.15, 0.2) is 24.3 Å². The molecule has 2 unspecified atom stereocenters. The summed E-state index contributed by atoms with van der Waals surface area (Å²) in [5.74, 6) is 0. The zero-order valence-electron chi connectivity index (χ0n) is 13.8. The third-order valence-electron chi connectivity index (χ3n) is 4.90. The lowest BCUT2D eigenvalue weighted by Crippen LogP contribution is -2.38. The van der Waals surface area contributed by atoms with E-state index in [9.17, 15) is 4.79 Å². The fraction of sp³-hybridized carbons (Fsp3) is 0.611. The molecule has 1 saturated heterocycles. The highest BCUT2D eigenvalue weighted by Crippen LogP contribution is 2.57. The van der Waals surface area contributed by atoms with Gasteiger partial charge in [0.05, 0.1) is 6.04 Å². The molecular weight excluding hydrogens is 276 g/mol. The lowest BCUT2D eigenvalue weighted by atomic mass is 9.78. The fourth-order valence-corrected chi connectivity index (χ4v) is 4.12. The molecule has 1 aliphatic heterocycles. The predicted octanol–water partition coefficient (Wildman–Crippen LogP) is 3.26. The molecule has 1 aromatic rings. The van der Waals surface area contributed by atoms with Crippen LogP contribution in [-0.2, 0) is 11.2 Å². The lowest BCUT2D eigenvalue weighted by molar-refractivity contribution is 0.0170. The van der Waals surface area contributed by atoms with E-state index in [2.05, 4.69) is 24.3 Å². The van der Waals surface area contributed by atoms with Crippen molar-refractivity contribution in [3.63, 3.8) is 0 Å². The van der Waals surface area contributed by atoms with Gasteiger partial charge in [-0.05, 0) is 57.7 Å². The molecule has 22 heavy (non-hydrogen) atoms. The van der Waals surface area contributed by atoms with Crippen LogP contribution in [0.4, 0.5) is 4.79 Å². The third-order valence-corrected chi connectivity index (χ3v) is 4.90. The Kier molecular flexibility index (Phi) is 3.68. The zero-order chi connectivity index (χ0) is 16.0. The highest BCUT2D eigenvalue weighted by molar-refractivity contribution is 5.70. The molecule has 1 heterocycles. The van der Waals surface area contributed by atoms with Crippen LogP contribution in [0, 0.1) is 5.41 Å². The van der Waals surface area contributed by atoms with Gasteiger partial charge in [-0.2, -0.15) is 0 Å². The minimum Gasteiger partial charge on any atom is -0.444 e. The second-order valence-corrected chi connectivity index (χ2v) is 7.60. The largest absolute Gasteiger partial charge is 0.444 e. The van der Waals surface area contributed by atoms with E-state index in [0.717, 1.165) is 25.8 Å². The van der Waals surface area contributed by atoms with Crippen molar-refractivity contribution >= 4 is 6.09 Å². The van der Waals surface area contributed by atoms with Crippen molar-refractivity contribution in [2.45, 2.75) is 51.7 Å². The molecule has 0 spiro atoms. The molecule has 0 radical (unpaired) electrons. The Bertz CT molecular complexity index is 579. The average molecular weight is 302 g/mol. The summed E-state index contributed by atoms with van der Waals surface area (Å²) in [5, 5.41) is 0. The van der Waals surface area contributed by atoms with E-state index in [0.29, 0.717) is 6.54 Å². The van der Waals surface area contributed by atoms with Crippen LogP contribution in [-0.4, -0.2) is 29.7 Å². The molecule has 2 aliphatic rings. The van der Waals surface area contributed by atoms with Crippen molar-refractivity contribution in [1.29, 1.82) is 0 Å². The second kappa shape index (κ2) is 5.27. The summed E-state index contributed by atoms with van der Waals surface area (Å²) in [6.45, 7) is 7.16. The number of fused-ring (bicyclic) bond motifs is 3. The van der Waals surface area contributed by atoms with Crippen molar-refractivity contribution < 1.29 is 9.53 Å². The van der Waals surface area contributed by atoms with Gasteiger partial charge in [0.2, 0.25) is 0 Å². The van der Waals surface area contributed by atoms with Gasteiger partial charge in [-0.15, -0.1) is 0 Å². The number of rotatable bonds is 2. The molecule has 0 bridgehead atoms. The number of ether oxygens (including phenoxy) is 1. The molecule has 4 heteroatoms. The molecule has 0 saturated carbocycles. The molecule has 3 rings (SSSR count). The van der Waals surface area contributed by atoms with E-state index in [1.807, 2.05) is 25.7 Å². The maximum absolute atomic E-state index is 12.6. The van der Waals surface area contributed by atoms with Crippen molar-refractivity contribution in [3.8, 4) is 0 Å². The first-order chi connectivity index (χ1) is 10.4. The summed E-state index contributed by atoms with van der Waals surface area (Å²) < 4.78 is 5.62. The summed E-state index contributed by atoms with van der Waals surface area (Å²) in [7, 11) is 0. The molecule has 1 aromatic carbocycles. The Balaban J connectivity index is 1.94. The molecular formula is C18H26N2O2. The van der Waals surface area contributed by atoms with Crippen LogP contribution in [0.25, 0.3) is 0 Å². The van der Waals surface area contributed by atoms with E-state index < -0.39 is 5.60 Å². The maximum atomic E-state index is 12.6. The van der Waals surface area contributed by atoms with E-state index in [1.165, 1.54) is 11.1 Å². The summed E-state index contributed by atoms with van der Waals surface area (Å²) in [6.07, 6.45) is 2.77. The Hall–Kier alpha value is -1.55. The Morgan fingerprint density at radius 3 is 2.82 bits per heavy atom. The third kappa shape index (κ3) is 2.50. The van der Waals surface area contributed by atoms with Gasteiger partial charge in [0.25, 0.3) is 0 Å². The molecule has 1 aliphatic carbocycles. The van der Waals surface area contributed by atoms with Gasteiger partial charge < -0.3 is 15.4 Å². The predicted molar refractivity (Wildman–Crippen MR) is 86.5 cm³/mol. The first kappa shape index (κ1) is 15.3. The molecule has 120 valence electrons. The Labute approximate surface area is 132 Å². The van der Waals surface area contributed by atoms with Gasteiger partial charge in [-0.1, -0.05) is 24.3 Å². The molecule has 4 nitrogen and oxygen atoms in total. The number of nitrogens with zero attached hydrogens (tertiary/aromatic N) is 1. The summed E-state index contributed by atoms with van der Waals surface area (Å²) in [5.41, 5.74) is 8.14. The van der Waals surface area contributed by atoms with Crippen LogP contribution in [0.1, 0.15) is 50.8 Å². The number of hydrogen-bond donors (Lipinski definition) is 1. The molecule has 2 N–H and O–H groups in total. The first-order valence-electron chi connectivity index (χ1n) is 8.14. The number of carbonyl (C=O) groups is 1. The normalized spacial score (nSPS) is 26.7. The lowest BCUT2D eigenvalue weighted by Gasteiger charge is -2.33. The number of carbonyl (C=O) groups excluding carboxylic acids is 1. The van der Waals surface area contributed by atoms with Crippen molar-refractivity contribution in [2.75, 3.05) is 13.1 Å². The van der Waals surface area contributed by atoms with Gasteiger partial charge in [-0.25, -0.2) is 4.79 Å². The molecule has 1 fully saturated rings. The van der Waals surface area contributed by atoms with Gasteiger partial charge in [0.1, 0.15) is 5.60 Å². The quantitative estimate of drug-likeness (QED) is 0.912. The standard InChI is InChI=1S/C18H26N2O2/c1-17(2,3)22-16(21)20-11-9-18(8-10-19)12-13-6-4-5-7-14(13)15(18)20/h4-7,15H,8-12,19H2,1-3H3. The summed E-state index contributed by atoms with van der Waals surface area (Å²) in [4.78, 5) is 14.6. The van der Waals surface area contributed by atoms with E-state index >= 15 is 0 Å². The van der Waals surface area contributed by atoms with Crippen LogP contribution in [0.2, 0.25) is 0 Å². The molecule has 0 aromatic heterocycles. The highest BCUT2D eigenvalue weighted by atomic mass is 16.6. The average Bonchev–Trinajstić information content (AvgIpc) is 2.90. The smallest absolute Gasteiger partial charge is 0.410 e. The zero-order valence-corrected chi connectivity index (χ0v) is 13.8. The van der Waals surface area contributed by atoms with Gasteiger partial charge in [0, 0.05) is 12.0 Å². The molecule has 2 atom stereocenters. The minimum atomic E-state index is -0.464. The number of amides is 1. The Morgan fingerprint density at radius 2 is 2.14 bits per heavy atom. The maximum Gasteiger partial charge on any atom is 0.410 e. The Morgan fingerprint density at radius 1 is 1.41 bits per heavy atom. The van der Waals surface area contributed by atoms with E-state index in [-0.39, 0.29) is 17.6 Å². The van der Waals surface area contributed by atoms with E-state index in [1.54, 1.807) is 0 Å². The van der Waals surface area contributed by atoms with Gasteiger partial charge in [0.15, 0.2) is 0 Å². The monoisotopic (exact) mass is 302 g/mol. The highest BCUT2D eigenvalue weighted by Gasteiger charge is 2.54. The topological polar surface area (TPSA) is 55.6 Å². The number of nitrogens with two attached hydrogens (primary N) is 1. The SMILES string of the molecule is CC(C)(C)OC(=O)N1CCC2(CCN)Cc3ccccc3C12. The van der Waals surface area contributed by atoms with Crippen LogP contribution >= 0.6 is 0 Å². The number of hydrogen-bond acceptors (Lipinski definition) is 3. The van der Waals surface area contributed by atoms with Crippen molar-refractivity contribution in [2.24, 2.45) is 11.1 Å². The summed E-state index contributed by atoms with van der Waals surface area (Å²) in [6, 6.07) is 8.58. The van der Waals surface area contributed by atoms with Crippen LogP contribution in [0.3, 0.4) is 0 Å².